The van der Waals surface area contributed by atoms with Crippen molar-refractivity contribution >= 4 is 23.0 Å². The predicted octanol–water partition coefficient (Wildman–Crippen LogP) is 4.61. The molecule has 2 aliphatic rings. The van der Waals surface area contributed by atoms with E-state index in [2.05, 4.69) is 45.5 Å². The molecule has 2 aliphatic heterocycles. The number of nitrogens with one attached hydrogen (secondary N) is 1. The molecule has 1 amide bonds. The molecule has 30 heavy (non-hydrogen) atoms. The number of hydrogen-bond acceptors (Lipinski definition) is 4. The summed E-state index contributed by atoms with van der Waals surface area (Å²) in [5.74, 6) is -0.160. The van der Waals surface area contributed by atoms with Gasteiger partial charge in [0.25, 0.3) is 5.91 Å². The highest BCUT2D eigenvalue weighted by Gasteiger charge is 2.22. The van der Waals surface area contributed by atoms with Crippen LogP contribution in [0.25, 0.3) is 0 Å². The molecule has 5 nitrogen and oxygen atoms in total. The summed E-state index contributed by atoms with van der Waals surface area (Å²) in [6.45, 7) is 3.37. The third kappa shape index (κ3) is 3.89. The Balaban J connectivity index is 1.39. The Kier molecular flexibility index (Phi) is 5.11. The third-order valence-electron chi connectivity index (χ3n) is 5.75. The van der Waals surface area contributed by atoms with Crippen molar-refractivity contribution in [3.63, 3.8) is 0 Å². The fraction of sp³-hybridized carbons (Fsp3) is 0.240. The van der Waals surface area contributed by atoms with Crippen molar-refractivity contribution in [2.45, 2.75) is 25.8 Å². The van der Waals surface area contributed by atoms with Crippen molar-refractivity contribution in [1.29, 1.82) is 0 Å². The van der Waals surface area contributed by atoms with Crippen LogP contribution in [0.1, 0.15) is 39.9 Å². The first-order valence-corrected chi connectivity index (χ1v) is 10.5. The standard InChI is InChI=1S/C25H24N4O/c30-25(27-21-9-5-11-26-16-21)22-10-4-8-20-15-23(28-24(20)22)19-7-3-6-18(14-19)17-29-12-1-2-13-29/h3-11,14,16H,1-2,12-13,15,17H2,(H,27,30). The van der Waals surface area contributed by atoms with Crippen LogP contribution in [0.3, 0.4) is 0 Å². The van der Waals surface area contributed by atoms with E-state index in [0.717, 1.165) is 35.5 Å². The van der Waals surface area contributed by atoms with Crippen molar-refractivity contribution < 1.29 is 4.79 Å². The lowest BCUT2D eigenvalue weighted by Crippen LogP contribution is -2.18. The van der Waals surface area contributed by atoms with E-state index in [1.54, 1.807) is 18.5 Å². The first kappa shape index (κ1) is 18.7. The lowest BCUT2D eigenvalue weighted by atomic mass is 10.0. The van der Waals surface area contributed by atoms with Gasteiger partial charge in [-0.05, 0) is 66.9 Å². The first-order valence-electron chi connectivity index (χ1n) is 10.5. The van der Waals surface area contributed by atoms with Crippen LogP contribution in [-0.2, 0) is 13.0 Å². The summed E-state index contributed by atoms with van der Waals surface area (Å²) in [5.41, 5.74) is 6.63. The molecule has 0 atom stereocenters. The quantitative estimate of drug-likeness (QED) is 0.685. The van der Waals surface area contributed by atoms with Crippen molar-refractivity contribution in [2.75, 3.05) is 18.4 Å². The van der Waals surface area contributed by atoms with E-state index in [-0.39, 0.29) is 5.91 Å². The zero-order valence-electron chi connectivity index (χ0n) is 16.8. The summed E-state index contributed by atoms with van der Waals surface area (Å²) in [6.07, 6.45) is 6.67. The molecule has 3 heterocycles. The SMILES string of the molecule is O=C(Nc1cccnc1)c1cccc2c1N=C(c1cccc(CN3CCCC3)c1)C2. The number of hydrogen-bond donors (Lipinski definition) is 1. The zero-order valence-corrected chi connectivity index (χ0v) is 16.8. The molecule has 0 radical (unpaired) electrons. The molecule has 0 spiro atoms. The number of pyridine rings is 1. The number of para-hydroxylation sites is 1. The number of likely N-dealkylation sites (tertiary alicyclic amines) is 1. The minimum Gasteiger partial charge on any atom is -0.321 e. The smallest absolute Gasteiger partial charge is 0.257 e. The number of aromatic nitrogens is 1. The molecule has 5 heteroatoms. The third-order valence-corrected chi connectivity index (χ3v) is 5.75. The van der Waals surface area contributed by atoms with Crippen LogP contribution in [0.2, 0.25) is 0 Å². The van der Waals surface area contributed by atoms with E-state index in [9.17, 15) is 4.79 Å². The summed E-state index contributed by atoms with van der Waals surface area (Å²) in [4.78, 5) is 24.3. The predicted molar refractivity (Wildman–Crippen MR) is 119 cm³/mol. The molecule has 1 fully saturated rings. The highest BCUT2D eigenvalue weighted by atomic mass is 16.1. The van der Waals surface area contributed by atoms with Gasteiger partial charge < -0.3 is 5.32 Å². The molecule has 1 aromatic heterocycles. The van der Waals surface area contributed by atoms with Gasteiger partial charge in [-0.1, -0.05) is 30.3 Å². The molecule has 0 saturated carbocycles. The monoisotopic (exact) mass is 396 g/mol. The Morgan fingerprint density at radius 2 is 1.90 bits per heavy atom. The molecule has 3 aromatic rings. The van der Waals surface area contributed by atoms with Gasteiger partial charge in [0, 0.05) is 19.2 Å². The second-order valence-electron chi connectivity index (χ2n) is 7.93. The van der Waals surface area contributed by atoms with Crippen molar-refractivity contribution in [3.8, 4) is 0 Å². The molecular formula is C25H24N4O. The van der Waals surface area contributed by atoms with Gasteiger partial charge in [0.2, 0.25) is 0 Å². The Labute approximate surface area is 176 Å². The highest BCUT2D eigenvalue weighted by Crippen LogP contribution is 2.33. The summed E-state index contributed by atoms with van der Waals surface area (Å²) < 4.78 is 0. The number of amides is 1. The van der Waals surface area contributed by atoms with Gasteiger partial charge in [0.05, 0.1) is 28.8 Å². The minimum atomic E-state index is -0.160. The van der Waals surface area contributed by atoms with Gasteiger partial charge >= 0.3 is 0 Å². The minimum absolute atomic E-state index is 0.160. The number of nitrogens with zero attached hydrogens (tertiary/aromatic N) is 3. The second kappa shape index (κ2) is 8.20. The van der Waals surface area contributed by atoms with Crippen molar-refractivity contribution in [1.82, 2.24) is 9.88 Å². The first-order chi connectivity index (χ1) is 14.8. The summed E-state index contributed by atoms with van der Waals surface area (Å²) in [7, 11) is 0. The van der Waals surface area contributed by atoms with Crippen LogP contribution in [0.5, 0.6) is 0 Å². The number of rotatable bonds is 5. The lowest BCUT2D eigenvalue weighted by Gasteiger charge is -2.15. The van der Waals surface area contributed by atoms with E-state index in [0.29, 0.717) is 11.3 Å². The van der Waals surface area contributed by atoms with E-state index in [1.807, 2.05) is 18.2 Å². The number of fused-ring (bicyclic) bond motifs is 1. The van der Waals surface area contributed by atoms with Crippen molar-refractivity contribution in [2.24, 2.45) is 4.99 Å². The number of carbonyl (C=O) groups excluding carboxylic acids is 1. The average molecular weight is 396 g/mol. The van der Waals surface area contributed by atoms with Gasteiger partial charge in [-0.2, -0.15) is 0 Å². The molecule has 1 saturated heterocycles. The molecular weight excluding hydrogens is 372 g/mol. The van der Waals surface area contributed by atoms with Crippen LogP contribution in [0.15, 0.2) is 72.0 Å². The summed E-state index contributed by atoms with van der Waals surface area (Å²) in [6, 6.07) is 18.1. The van der Waals surface area contributed by atoms with Crippen LogP contribution in [0, 0.1) is 0 Å². The van der Waals surface area contributed by atoms with Gasteiger partial charge in [0.1, 0.15) is 0 Å². The van der Waals surface area contributed by atoms with E-state index in [1.165, 1.54) is 31.5 Å². The second-order valence-corrected chi connectivity index (χ2v) is 7.93. The van der Waals surface area contributed by atoms with E-state index >= 15 is 0 Å². The van der Waals surface area contributed by atoms with E-state index < -0.39 is 0 Å². The molecule has 1 N–H and O–H groups in total. The maximum atomic E-state index is 12.9. The number of benzene rings is 2. The van der Waals surface area contributed by atoms with Gasteiger partial charge in [-0.3, -0.25) is 19.7 Å². The Bertz CT molecular complexity index is 1100. The largest absolute Gasteiger partial charge is 0.321 e. The van der Waals surface area contributed by atoms with Gasteiger partial charge in [-0.15, -0.1) is 0 Å². The van der Waals surface area contributed by atoms with Gasteiger partial charge in [-0.25, -0.2) is 0 Å². The number of carbonyl (C=O) groups is 1. The van der Waals surface area contributed by atoms with Crippen LogP contribution >= 0.6 is 0 Å². The lowest BCUT2D eigenvalue weighted by molar-refractivity contribution is 0.102. The van der Waals surface area contributed by atoms with Crippen LogP contribution < -0.4 is 5.32 Å². The fourth-order valence-electron chi connectivity index (χ4n) is 4.25. The topological polar surface area (TPSA) is 57.6 Å². The highest BCUT2D eigenvalue weighted by molar-refractivity contribution is 6.13. The van der Waals surface area contributed by atoms with Crippen LogP contribution in [0.4, 0.5) is 11.4 Å². The molecule has 0 unspecified atom stereocenters. The average Bonchev–Trinajstić information content (AvgIpc) is 3.44. The Hall–Kier alpha value is -3.31. The molecule has 0 aliphatic carbocycles. The van der Waals surface area contributed by atoms with Crippen LogP contribution in [-0.4, -0.2) is 34.6 Å². The fourth-order valence-corrected chi connectivity index (χ4v) is 4.25. The van der Waals surface area contributed by atoms with E-state index in [4.69, 9.17) is 4.99 Å². The molecule has 0 bridgehead atoms. The molecule has 5 rings (SSSR count). The maximum absolute atomic E-state index is 12.9. The Morgan fingerprint density at radius 1 is 1.03 bits per heavy atom. The molecule has 150 valence electrons. The molecule has 2 aromatic carbocycles. The summed E-state index contributed by atoms with van der Waals surface area (Å²) >= 11 is 0. The van der Waals surface area contributed by atoms with Crippen molar-refractivity contribution in [3.05, 3.63) is 89.2 Å². The normalized spacial score (nSPS) is 15.7. The zero-order chi connectivity index (χ0) is 20.3. The number of anilines is 1. The number of aliphatic imine (C=N–C) groups is 1. The summed E-state index contributed by atoms with van der Waals surface area (Å²) in [5, 5.41) is 2.92. The maximum Gasteiger partial charge on any atom is 0.257 e. The van der Waals surface area contributed by atoms with Gasteiger partial charge in [0.15, 0.2) is 0 Å². The Morgan fingerprint density at radius 3 is 2.73 bits per heavy atom.